The molecule has 0 spiro atoms. The quantitative estimate of drug-likeness (QED) is 0.164. The highest BCUT2D eigenvalue weighted by Gasteiger charge is 2.37. The molecule has 0 saturated heterocycles. The molecule has 0 radical (unpaired) electrons. The average Bonchev–Trinajstić information content (AvgIpc) is 3.50. The van der Waals surface area contributed by atoms with Gasteiger partial charge in [-0.3, -0.25) is 0 Å². The molecule has 56 heavy (non-hydrogen) atoms. The van der Waals surface area contributed by atoms with Crippen LogP contribution in [0.3, 0.4) is 0 Å². The van der Waals surface area contributed by atoms with E-state index < -0.39 is 0 Å². The normalized spacial score (nSPS) is 12.6. The third-order valence-electron chi connectivity index (χ3n) is 11.3. The van der Waals surface area contributed by atoms with E-state index in [1.165, 1.54) is 44.5 Å². The zero-order valence-corrected chi connectivity index (χ0v) is 31.4. The maximum absolute atomic E-state index is 5.31. The summed E-state index contributed by atoms with van der Waals surface area (Å²) < 4.78 is 0. The van der Waals surface area contributed by atoms with E-state index in [0.717, 1.165) is 44.8 Å². The molecule has 1 aliphatic rings. The van der Waals surface area contributed by atoms with Crippen LogP contribution in [0.2, 0.25) is 0 Å². The molecule has 0 unspecified atom stereocenters. The van der Waals surface area contributed by atoms with Crippen LogP contribution in [-0.4, -0.2) is 9.97 Å². The Labute approximate surface area is 328 Å². The van der Waals surface area contributed by atoms with Crippen molar-refractivity contribution in [2.75, 3.05) is 4.90 Å². The summed E-state index contributed by atoms with van der Waals surface area (Å²) in [5.74, 6) is 0.705. The van der Waals surface area contributed by atoms with Gasteiger partial charge in [0.25, 0.3) is 0 Å². The molecule has 9 aromatic rings. The van der Waals surface area contributed by atoms with Crippen LogP contribution in [0.4, 0.5) is 17.1 Å². The molecule has 0 aliphatic heterocycles. The molecule has 3 nitrogen and oxygen atoms in total. The van der Waals surface area contributed by atoms with Crippen LogP contribution in [0.15, 0.2) is 200 Å². The molecule has 0 atom stereocenters. The van der Waals surface area contributed by atoms with Gasteiger partial charge in [-0.15, -0.1) is 0 Å². The fourth-order valence-electron chi connectivity index (χ4n) is 8.44. The summed E-state index contributed by atoms with van der Waals surface area (Å²) in [5.41, 5.74) is 17.0. The van der Waals surface area contributed by atoms with Crippen LogP contribution < -0.4 is 4.90 Å². The zero-order chi connectivity index (χ0) is 37.6. The first kappa shape index (κ1) is 33.5. The van der Waals surface area contributed by atoms with Gasteiger partial charge in [0, 0.05) is 38.9 Å². The van der Waals surface area contributed by atoms with Gasteiger partial charge in [0.1, 0.15) is 0 Å². The third kappa shape index (κ3) is 5.77. The molecular formula is C53H39N3. The lowest BCUT2D eigenvalue weighted by molar-refractivity contribution is 0.660. The Hall–Kier alpha value is -7.10. The summed E-state index contributed by atoms with van der Waals surface area (Å²) in [5, 5.41) is 1.02. The molecule has 0 amide bonds. The van der Waals surface area contributed by atoms with Crippen molar-refractivity contribution in [3.63, 3.8) is 0 Å². The first-order valence-corrected chi connectivity index (χ1v) is 19.2. The summed E-state index contributed by atoms with van der Waals surface area (Å²) >= 11 is 0. The summed E-state index contributed by atoms with van der Waals surface area (Å²) in [6.07, 6.45) is 0. The van der Waals surface area contributed by atoms with Gasteiger partial charge < -0.3 is 4.90 Å². The minimum absolute atomic E-state index is 0.123. The molecule has 0 saturated carbocycles. The minimum atomic E-state index is -0.123. The minimum Gasteiger partial charge on any atom is -0.310 e. The summed E-state index contributed by atoms with van der Waals surface area (Å²) in [4.78, 5) is 12.8. The van der Waals surface area contributed by atoms with Gasteiger partial charge in [-0.25, -0.2) is 9.97 Å². The van der Waals surface area contributed by atoms with E-state index in [9.17, 15) is 0 Å². The van der Waals surface area contributed by atoms with Crippen molar-refractivity contribution in [2.24, 2.45) is 0 Å². The van der Waals surface area contributed by atoms with E-state index in [2.05, 4.69) is 207 Å². The van der Waals surface area contributed by atoms with Crippen LogP contribution in [0.1, 0.15) is 25.0 Å². The Morgan fingerprint density at radius 1 is 0.411 bits per heavy atom. The van der Waals surface area contributed by atoms with E-state index >= 15 is 0 Å². The number of fused-ring (bicyclic) bond motifs is 4. The zero-order valence-electron chi connectivity index (χ0n) is 31.4. The molecule has 10 rings (SSSR count). The lowest BCUT2D eigenvalue weighted by atomic mass is 9.82. The van der Waals surface area contributed by atoms with Gasteiger partial charge in [-0.2, -0.15) is 0 Å². The number of hydrogen-bond donors (Lipinski definition) is 0. The lowest BCUT2D eigenvalue weighted by Crippen LogP contribution is -2.16. The fraction of sp³-hybridized carbons (Fsp3) is 0.0566. The summed E-state index contributed by atoms with van der Waals surface area (Å²) in [7, 11) is 0. The molecule has 0 bridgehead atoms. The van der Waals surface area contributed by atoms with Crippen molar-refractivity contribution >= 4 is 28.0 Å². The third-order valence-corrected chi connectivity index (χ3v) is 11.3. The molecule has 1 heterocycles. The van der Waals surface area contributed by atoms with Gasteiger partial charge in [-0.05, 0) is 75.3 Å². The molecule has 0 fully saturated rings. The number of para-hydroxylation sites is 1. The largest absolute Gasteiger partial charge is 0.310 e. The molecule has 0 N–H and O–H groups in total. The Kier molecular flexibility index (Phi) is 8.15. The maximum atomic E-state index is 5.31. The predicted molar refractivity (Wildman–Crippen MR) is 234 cm³/mol. The Morgan fingerprint density at radius 2 is 0.964 bits per heavy atom. The molecule has 1 aliphatic carbocycles. The number of nitrogens with zero attached hydrogens (tertiary/aromatic N) is 3. The van der Waals surface area contributed by atoms with Crippen molar-refractivity contribution in [1.82, 2.24) is 9.97 Å². The number of hydrogen-bond acceptors (Lipinski definition) is 3. The van der Waals surface area contributed by atoms with E-state index in [1.54, 1.807) is 0 Å². The van der Waals surface area contributed by atoms with Crippen molar-refractivity contribution in [3.8, 4) is 56.0 Å². The van der Waals surface area contributed by atoms with Crippen LogP contribution in [0.25, 0.3) is 66.9 Å². The fourth-order valence-corrected chi connectivity index (χ4v) is 8.44. The molecule has 1 aromatic heterocycles. The van der Waals surface area contributed by atoms with Crippen molar-refractivity contribution in [1.29, 1.82) is 0 Å². The molecule has 8 aromatic carbocycles. The number of benzene rings is 8. The molecule has 3 heteroatoms. The summed E-state index contributed by atoms with van der Waals surface area (Å²) in [6.45, 7) is 4.68. The van der Waals surface area contributed by atoms with Crippen molar-refractivity contribution in [3.05, 3.63) is 211 Å². The number of anilines is 3. The molecule has 266 valence electrons. The van der Waals surface area contributed by atoms with E-state index in [1.807, 2.05) is 12.1 Å². The van der Waals surface area contributed by atoms with Crippen molar-refractivity contribution in [2.45, 2.75) is 19.3 Å². The second kappa shape index (κ2) is 13.6. The molecular weight excluding hydrogens is 679 g/mol. The van der Waals surface area contributed by atoms with E-state index in [-0.39, 0.29) is 5.41 Å². The first-order valence-electron chi connectivity index (χ1n) is 19.2. The summed E-state index contributed by atoms with van der Waals surface area (Å²) in [6, 6.07) is 71.4. The SMILES string of the molecule is CC1(C)c2ccccc2-c2c(N(c3ccc(-c4ccccc4)cc3)c3cccc(-c4nc(-c5ccc(-c6ccccc6)cc5)nc5ccccc45)c3)cccc21. The Morgan fingerprint density at radius 3 is 1.70 bits per heavy atom. The van der Waals surface area contributed by atoms with Crippen LogP contribution in [0.5, 0.6) is 0 Å². The topological polar surface area (TPSA) is 29.0 Å². The van der Waals surface area contributed by atoms with E-state index in [4.69, 9.17) is 9.97 Å². The van der Waals surface area contributed by atoms with Gasteiger partial charge in [-0.1, -0.05) is 178 Å². The highest BCUT2D eigenvalue weighted by atomic mass is 15.1. The van der Waals surface area contributed by atoms with Crippen molar-refractivity contribution < 1.29 is 0 Å². The number of aromatic nitrogens is 2. The van der Waals surface area contributed by atoms with E-state index in [0.29, 0.717) is 5.82 Å². The maximum Gasteiger partial charge on any atom is 0.160 e. The average molecular weight is 718 g/mol. The Balaban J connectivity index is 1.13. The van der Waals surface area contributed by atoms with Gasteiger partial charge in [0.2, 0.25) is 0 Å². The second-order valence-electron chi connectivity index (χ2n) is 15.0. The number of rotatable bonds is 7. The van der Waals surface area contributed by atoms with Gasteiger partial charge >= 0.3 is 0 Å². The van der Waals surface area contributed by atoms with Gasteiger partial charge in [0.15, 0.2) is 5.82 Å². The highest BCUT2D eigenvalue weighted by molar-refractivity contribution is 5.97. The van der Waals surface area contributed by atoms with Crippen LogP contribution in [-0.2, 0) is 5.41 Å². The standard InChI is InChI=1S/C53H39N3/c1-53(2)46-23-11-9-21-44(46)50-47(53)24-14-26-49(50)56(42-33-31-39(32-34-42)37-17-7-4-8-18-37)43-20-13-19-41(35-43)51-45-22-10-12-25-48(45)54-52(55-51)40-29-27-38(28-30-40)36-15-5-3-6-16-36/h3-35H,1-2H3. The van der Waals surface area contributed by atoms with Gasteiger partial charge in [0.05, 0.1) is 16.9 Å². The van der Waals surface area contributed by atoms with Crippen LogP contribution >= 0.6 is 0 Å². The Bertz CT molecular complexity index is 2860. The monoisotopic (exact) mass is 717 g/mol. The second-order valence-corrected chi connectivity index (χ2v) is 15.0. The lowest BCUT2D eigenvalue weighted by Gasteiger charge is -2.29. The highest BCUT2D eigenvalue weighted by Crippen LogP contribution is 2.54. The first-order chi connectivity index (χ1) is 27.5. The van der Waals surface area contributed by atoms with Crippen LogP contribution in [0, 0.1) is 0 Å². The smallest absolute Gasteiger partial charge is 0.160 e. The predicted octanol–water partition coefficient (Wildman–Crippen LogP) is 14.1.